The van der Waals surface area contributed by atoms with Gasteiger partial charge in [0.15, 0.2) is 0 Å². The molecule has 0 fully saturated rings. The fraction of sp³-hybridized carbons (Fsp3) is 0. The first-order valence-corrected chi connectivity index (χ1v) is 15.2. The number of fused-ring (bicyclic) bond motifs is 9. The first-order chi connectivity index (χ1) is 19.9. The van der Waals surface area contributed by atoms with Gasteiger partial charge in [-0.2, -0.15) is 0 Å². The van der Waals surface area contributed by atoms with E-state index in [-0.39, 0.29) is 0 Å². The second-order valence-corrected chi connectivity index (χ2v) is 12.5. The van der Waals surface area contributed by atoms with Crippen LogP contribution in [0, 0.1) is 0 Å². The third kappa shape index (κ3) is 3.06. The lowest BCUT2D eigenvalue weighted by atomic mass is 9.84. The van der Waals surface area contributed by atoms with Gasteiger partial charge in [0.1, 0.15) is 0 Å². The van der Waals surface area contributed by atoms with Crippen molar-refractivity contribution in [1.82, 2.24) is 0 Å². The Morgan fingerprint density at radius 1 is 0.350 bits per heavy atom. The maximum atomic E-state index is 2.49. The van der Waals surface area contributed by atoms with Gasteiger partial charge in [-0.1, -0.05) is 115 Å². The van der Waals surface area contributed by atoms with Crippen LogP contribution in [-0.2, 0) is 0 Å². The van der Waals surface area contributed by atoms with E-state index in [0.717, 1.165) is 0 Å². The molecule has 0 N–H and O–H groups in total. The third-order valence-corrected chi connectivity index (χ3v) is 10.8. The smallest absolute Gasteiger partial charge is 0.0540 e. The van der Waals surface area contributed by atoms with Gasteiger partial charge in [-0.15, -0.1) is 22.7 Å². The van der Waals surface area contributed by atoms with E-state index in [1.165, 1.54) is 84.1 Å². The van der Waals surface area contributed by atoms with E-state index in [2.05, 4.69) is 133 Å². The molecule has 2 aromatic heterocycles. The fourth-order valence-electron chi connectivity index (χ4n) is 6.60. The highest BCUT2D eigenvalue weighted by Crippen LogP contribution is 2.52. The van der Waals surface area contributed by atoms with Crippen molar-refractivity contribution in [3.63, 3.8) is 0 Å². The van der Waals surface area contributed by atoms with Crippen molar-refractivity contribution in [3.8, 4) is 22.3 Å². The number of hydrogen-bond donors (Lipinski definition) is 0. The second kappa shape index (κ2) is 8.50. The summed E-state index contributed by atoms with van der Waals surface area (Å²) < 4.78 is 5.49. The van der Waals surface area contributed by atoms with Gasteiger partial charge in [0.05, 0.1) is 9.40 Å². The van der Waals surface area contributed by atoms with Gasteiger partial charge in [0.2, 0.25) is 0 Å². The Bertz CT molecular complexity index is 2370. The summed E-state index contributed by atoms with van der Waals surface area (Å²) in [6, 6.07) is 49.1. The molecular formula is C38H22S2. The molecule has 0 aliphatic carbocycles. The molecule has 9 aromatic rings. The predicted molar refractivity (Wildman–Crippen MR) is 178 cm³/mol. The van der Waals surface area contributed by atoms with Gasteiger partial charge in [-0.25, -0.2) is 0 Å². The zero-order valence-corrected chi connectivity index (χ0v) is 23.2. The molecule has 0 unspecified atom stereocenters. The number of benzene rings is 7. The molecule has 0 radical (unpaired) electrons. The molecule has 9 rings (SSSR count). The number of rotatable bonds is 2. The van der Waals surface area contributed by atoms with Crippen LogP contribution in [0.3, 0.4) is 0 Å². The molecule has 40 heavy (non-hydrogen) atoms. The largest absolute Gasteiger partial charge is 0.134 e. The maximum absolute atomic E-state index is 2.49. The minimum absolute atomic E-state index is 1.26. The fourth-order valence-corrected chi connectivity index (χ4v) is 9.15. The molecule has 0 spiro atoms. The lowest BCUT2D eigenvalue weighted by Crippen LogP contribution is -1.91. The van der Waals surface area contributed by atoms with Crippen LogP contribution in [0.5, 0.6) is 0 Å². The van der Waals surface area contributed by atoms with Gasteiger partial charge in [-0.3, -0.25) is 0 Å². The number of thiophene rings is 2. The monoisotopic (exact) mass is 542 g/mol. The third-order valence-electron chi connectivity index (χ3n) is 8.26. The average Bonchev–Trinajstić information content (AvgIpc) is 3.59. The summed E-state index contributed by atoms with van der Waals surface area (Å²) in [5.74, 6) is 0. The van der Waals surface area contributed by atoms with Gasteiger partial charge < -0.3 is 0 Å². The zero-order valence-electron chi connectivity index (χ0n) is 21.5. The predicted octanol–water partition coefficient (Wildman–Crippen LogP) is 12.1. The van der Waals surface area contributed by atoms with E-state index in [1.54, 1.807) is 0 Å². The second-order valence-electron chi connectivity index (χ2n) is 10.4. The van der Waals surface area contributed by atoms with Gasteiger partial charge in [0, 0.05) is 30.9 Å². The molecule has 0 saturated carbocycles. The first kappa shape index (κ1) is 22.3. The summed E-state index contributed by atoms with van der Waals surface area (Å²) in [7, 11) is 0. The van der Waals surface area contributed by atoms with Crippen molar-refractivity contribution in [2.75, 3.05) is 0 Å². The van der Waals surface area contributed by atoms with Crippen LogP contribution >= 0.6 is 22.7 Å². The Morgan fingerprint density at radius 3 is 1.48 bits per heavy atom. The molecule has 0 aliphatic heterocycles. The maximum Gasteiger partial charge on any atom is 0.0540 e. The summed E-state index contributed by atoms with van der Waals surface area (Å²) >= 11 is 3.86. The quantitative estimate of drug-likeness (QED) is 0.191. The highest BCUT2D eigenvalue weighted by atomic mass is 32.1. The number of hydrogen-bond acceptors (Lipinski definition) is 2. The zero-order chi connectivity index (χ0) is 26.2. The molecule has 0 saturated heterocycles. The first-order valence-electron chi connectivity index (χ1n) is 13.6. The molecule has 186 valence electrons. The van der Waals surface area contributed by atoms with Crippen molar-refractivity contribution < 1.29 is 0 Å². The topological polar surface area (TPSA) is 0 Å². The summed E-state index contributed by atoms with van der Waals surface area (Å²) in [6.07, 6.45) is 0. The SMILES string of the molecule is c1ccc(-c2c3ccccc3c(-c3cc4c5ccccc5sc4c4sc5ccccc5c34)c3ccccc23)cc1. The minimum Gasteiger partial charge on any atom is -0.134 e. The molecule has 0 atom stereocenters. The summed E-state index contributed by atoms with van der Waals surface area (Å²) in [4.78, 5) is 0. The molecule has 0 bridgehead atoms. The summed E-state index contributed by atoms with van der Waals surface area (Å²) in [5.41, 5.74) is 5.23. The Hall–Kier alpha value is -4.50. The van der Waals surface area contributed by atoms with E-state index in [0.29, 0.717) is 0 Å². The van der Waals surface area contributed by atoms with E-state index in [1.807, 2.05) is 22.7 Å². The van der Waals surface area contributed by atoms with Crippen molar-refractivity contribution in [1.29, 1.82) is 0 Å². The Labute approximate surface area is 239 Å². The Balaban J connectivity index is 1.55. The molecule has 0 aliphatic rings. The van der Waals surface area contributed by atoms with Crippen LogP contribution in [0.25, 0.3) is 84.1 Å². The molecule has 2 heterocycles. The molecule has 2 heteroatoms. The van der Waals surface area contributed by atoms with Crippen LogP contribution < -0.4 is 0 Å². The van der Waals surface area contributed by atoms with Crippen LogP contribution in [0.2, 0.25) is 0 Å². The van der Waals surface area contributed by atoms with Crippen LogP contribution in [-0.4, -0.2) is 0 Å². The average molecular weight is 543 g/mol. The lowest BCUT2D eigenvalue weighted by molar-refractivity contribution is 1.67. The van der Waals surface area contributed by atoms with Crippen LogP contribution in [0.4, 0.5) is 0 Å². The van der Waals surface area contributed by atoms with Crippen molar-refractivity contribution >= 4 is 84.6 Å². The Morgan fingerprint density at radius 2 is 0.825 bits per heavy atom. The van der Waals surface area contributed by atoms with Gasteiger partial charge >= 0.3 is 0 Å². The summed E-state index contributed by atoms with van der Waals surface area (Å²) in [5, 5.41) is 10.6. The molecule has 0 amide bonds. The molecule has 0 nitrogen and oxygen atoms in total. The van der Waals surface area contributed by atoms with Crippen molar-refractivity contribution in [2.24, 2.45) is 0 Å². The van der Waals surface area contributed by atoms with E-state index in [4.69, 9.17) is 0 Å². The van der Waals surface area contributed by atoms with Gasteiger partial charge in [-0.05, 0) is 62.0 Å². The van der Waals surface area contributed by atoms with Crippen LogP contribution in [0.15, 0.2) is 133 Å². The highest BCUT2D eigenvalue weighted by molar-refractivity contribution is 7.33. The molecular weight excluding hydrogens is 521 g/mol. The van der Waals surface area contributed by atoms with Gasteiger partial charge in [0.25, 0.3) is 0 Å². The van der Waals surface area contributed by atoms with E-state index < -0.39 is 0 Å². The lowest BCUT2D eigenvalue weighted by Gasteiger charge is -2.18. The molecule has 7 aromatic carbocycles. The standard InChI is InChI=1S/C38H22S2/c1-2-12-23(13-3-1)34-25-15-4-6-17-27(25)35(28-18-7-5-16-26(28)34)31-22-30-24-14-8-10-20-32(24)39-37(30)38-36(31)29-19-9-11-21-33(29)40-38/h1-22H. The van der Waals surface area contributed by atoms with Crippen molar-refractivity contribution in [3.05, 3.63) is 133 Å². The van der Waals surface area contributed by atoms with Crippen molar-refractivity contribution in [2.45, 2.75) is 0 Å². The van der Waals surface area contributed by atoms with Crippen LogP contribution in [0.1, 0.15) is 0 Å². The van der Waals surface area contributed by atoms with E-state index in [9.17, 15) is 0 Å². The minimum atomic E-state index is 1.26. The normalized spacial score (nSPS) is 12.0. The Kier molecular flexibility index (Phi) is 4.74. The summed E-state index contributed by atoms with van der Waals surface area (Å²) in [6.45, 7) is 0. The van der Waals surface area contributed by atoms with E-state index >= 15 is 0 Å². The highest BCUT2D eigenvalue weighted by Gasteiger charge is 2.22.